The normalized spacial score (nSPS) is 14.6. The van der Waals surface area contributed by atoms with E-state index in [4.69, 9.17) is 0 Å². The second kappa shape index (κ2) is 6.83. The predicted molar refractivity (Wildman–Crippen MR) is 102 cm³/mol. The van der Waals surface area contributed by atoms with Crippen molar-refractivity contribution in [1.82, 2.24) is 14.7 Å². The minimum Gasteiger partial charge on any atom is -0.368 e. The van der Waals surface area contributed by atoms with Crippen LogP contribution in [-0.4, -0.2) is 46.8 Å². The Kier molecular flexibility index (Phi) is 4.35. The van der Waals surface area contributed by atoms with Crippen LogP contribution in [0.15, 0.2) is 53.3 Å². The van der Waals surface area contributed by atoms with Crippen molar-refractivity contribution in [3.05, 3.63) is 70.4 Å². The Bertz CT molecular complexity index is 1050. The van der Waals surface area contributed by atoms with Crippen LogP contribution in [0.2, 0.25) is 0 Å². The first kappa shape index (κ1) is 17.2. The number of carbonyl (C=O) groups excluding carboxylic acids is 1. The first-order chi connectivity index (χ1) is 13.0. The van der Waals surface area contributed by atoms with Crippen molar-refractivity contribution in [3.63, 3.8) is 0 Å². The summed E-state index contributed by atoms with van der Waals surface area (Å²) in [7, 11) is 1.55. The lowest BCUT2D eigenvalue weighted by Gasteiger charge is -2.36. The molecule has 2 aromatic carbocycles. The Hall–Kier alpha value is -3.22. The number of hydrogen-bond acceptors (Lipinski definition) is 4. The first-order valence-electron chi connectivity index (χ1n) is 8.80. The van der Waals surface area contributed by atoms with Gasteiger partial charge in [0.15, 0.2) is 5.69 Å². The van der Waals surface area contributed by atoms with E-state index in [1.54, 1.807) is 48.3 Å². The van der Waals surface area contributed by atoms with Crippen LogP contribution in [0.1, 0.15) is 10.5 Å². The summed E-state index contributed by atoms with van der Waals surface area (Å²) < 4.78 is 14.3. The number of amides is 1. The molecule has 3 aromatic rings. The second-order valence-electron chi connectivity index (χ2n) is 6.58. The fourth-order valence-corrected chi connectivity index (χ4v) is 3.43. The number of aromatic nitrogens is 2. The minimum absolute atomic E-state index is 0.180. The van der Waals surface area contributed by atoms with E-state index < -0.39 is 0 Å². The molecule has 0 spiro atoms. The Labute approximate surface area is 155 Å². The highest BCUT2D eigenvalue weighted by Gasteiger charge is 2.25. The molecule has 1 aliphatic rings. The molecule has 1 aromatic heterocycles. The average molecular weight is 366 g/mol. The Morgan fingerprint density at radius 3 is 2.26 bits per heavy atom. The van der Waals surface area contributed by atoms with E-state index in [1.165, 1.54) is 16.8 Å². The molecular formula is C20H19FN4O2. The van der Waals surface area contributed by atoms with Gasteiger partial charge in [0.2, 0.25) is 0 Å². The first-order valence-corrected chi connectivity index (χ1v) is 8.80. The summed E-state index contributed by atoms with van der Waals surface area (Å²) in [5.74, 6) is -0.444. The molecule has 0 N–H and O–H groups in total. The Morgan fingerprint density at radius 2 is 1.59 bits per heavy atom. The number of benzene rings is 2. The van der Waals surface area contributed by atoms with Crippen molar-refractivity contribution in [2.24, 2.45) is 7.05 Å². The van der Waals surface area contributed by atoms with E-state index in [0.717, 1.165) is 5.69 Å². The lowest BCUT2D eigenvalue weighted by Crippen LogP contribution is -2.49. The second-order valence-corrected chi connectivity index (χ2v) is 6.58. The standard InChI is InChI=1S/C20H19FN4O2/c1-23-19(26)17-5-3-2-4-16(17)18(22-23)20(27)25-12-10-24(11-13-25)15-8-6-14(21)7-9-15/h2-9H,10-13H2,1H3. The molecule has 7 heteroatoms. The van der Waals surface area contributed by atoms with Crippen LogP contribution in [0, 0.1) is 5.82 Å². The maximum Gasteiger partial charge on any atom is 0.275 e. The lowest BCUT2D eigenvalue weighted by atomic mass is 10.1. The summed E-state index contributed by atoms with van der Waals surface area (Å²) in [6.07, 6.45) is 0. The largest absolute Gasteiger partial charge is 0.368 e. The van der Waals surface area contributed by atoms with Crippen molar-refractivity contribution < 1.29 is 9.18 Å². The fraction of sp³-hybridized carbons (Fsp3) is 0.250. The number of piperazine rings is 1. The molecule has 4 rings (SSSR count). The number of rotatable bonds is 2. The van der Waals surface area contributed by atoms with E-state index in [0.29, 0.717) is 42.6 Å². The van der Waals surface area contributed by atoms with E-state index in [9.17, 15) is 14.0 Å². The molecule has 0 unspecified atom stereocenters. The quantitative estimate of drug-likeness (QED) is 0.696. The zero-order valence-electron chi connectivity index (χ0n) is 14.9. The van der Waals surface area contributed by atoms with Gasteiger partial charge in [0.05, 0.1) is 5.39 Å². The van der Waals surface area contributed by atoms with E-state index >= 15 is 0 Å². The zero-order chi connectivity index (χ0) is 19.0. The van der Waals surface area contributed by atoms with Crippen LogP contribution >= 0.6 is 0 Å². The summed E-state index contributed by atoms with van der Waals surface area (Å²) in [5, 5.41) is 5.29. The third-order valence-corrected chi connectivity index (χ3v) is 4.92. The summed E-state index contributed by atoms with van der Waals surface area (Å²) >= 11 is 0. The molecule has 1 fully saturated rings. The molecule has 138 valence electrons. The molecule has 0 aliphatic carbocycles. The van der Waals surface area contributed by atoms with E-state index in [-0.39, 0.29) is 17.3 Å². The van der Waals surface area contributed by atoms with Crippen molar-refractivity contribution in [2.45, 2.75) is 0 Å². The van der Waals surface area contributed by atoms with Gasteiger partial charge in [-0.15, -0.1) is 0 Å². The maximum atomic E-state index is 13.1. The third-order valence-electron chi connectivity index (χ3n) is 4.92. The molecule has 6 nitrogen and oxygen atoms in total. The molecule has 0 radical (unpaired) electrons. The zero-order valence-corrected chi connectivity index (χ0v) is 14.9. The van der Waals surface area contributed by atoms with Crippen LogP contribution in [0.3, 0.4) is 0 Å². The smallest absolute Gasteiger partial charge is 0.275 e. The van der Waals surface area contributed by atoms with E-state index in [2.05, 4.69) is 10.00 Å². The summed E-state index contributed by atoms with van der Waals surface area (Å²) in [5.41, 5.74) is 1.01. The van der Waals surface area contributed by atoms with Crippen LogP contribution in [0.4, 0.5) is 10.1 Å². The number of hydrogen-bond donors (Lipinski definition) is 0. The van der Waals surface area contributed by atoms with Gasteiger partial charge in [0.25, 0.3) is 11.5 Å². The van der Waals surface area contributed by atoms with Crippen molar-refractivity contribution in [2.75, 3.05) is 31.1 Å². The topological polar surface area (TPSA) is 58.4 Å². The highest BCUT2D eigenvalue weighted by atomic mass is 19.1. The van der Waals surface area contributed by atoms with Crippen molar-refractivity contribution >= 4 is 22.4 Å². The lowest BCUT2D eigenvalue weighted by molar-refractivity contribution is 0.0740. The van der Waals surface area contributed by atoms with Gasteiger partial charge in [-0.2, -0.15) is 5.10 Å². The molecule has 0 atom stereocenters. The highest BCUT2D eigenvalue weighted by Crippen LogP contribution is 2.19. The van der Waals surface area contributed by atoms with Crippen LogP contribution in [-0.2, 0) is 7.05 Å². The van der Waals surface area contributed by atoms with Crippen molar-refractivity contribution in [1.29, 1.82) is 0 Å². The summed E-state index contributed by atoms with van der Waals surface area (Å²) in [4.78, 5) is 29.2. The van der Waals surface area contributed by atoms with Gasteiger partial charge in [-0.05, 0) is 30.3 Å². The number of aryl methyl sites for hydroxylation is 1. The van der Waals surface area contributed by atoms with Crippen molar-refractivity contribution in [3.8, 4) is 0 Å². The number of carbonyl (C=O) groups is 1. The minimum atomic E-state index is -0.264. The van der Waals surface area contributed by atoms with E-state index in [1.807, 2.05) is 0 Å². The average Bonchev–Trinajstić information content (AvgIpc) is 2.71. The number of nitrogens with zero attached hydrogens (tertiary/aromatic N) is 4. The number of anilines is 1. The molecule has 27 heavy (non-hydrogen) atoms. The fourth-order valence-electron chi connectivity index (χ4n) is 3.43. The summed E-state index contributed by atoms with van der Waals surface area (Å²) in [6.45, 7) is 2.38. The molecule has 1 amide bonds. The monoisotopic (exact) mass is 366 g/mol. The Balaban J connectivity index is 1.57. The highest BCUT2D eigenvalue weighted by molar-refractivity contribution is 6.04. The van der Waals surface area contributed by atoms with Crippen LogP contribution in [0.25, 0.3) is 10.8 Å². The molecule has 0 saturated carbocycles. The van der Waals surface area contributed by atoms with Gasteiger partial charge < -0.3 is 9.80 Å². The van der Waals surface area contributed by atoms with Gasteiger partial charge >= 0.3 is 0 Å². The van der Waals surface area contributed by atoms with Gasteiger partial charge in [-0.25, -0.2) is 9.07 Å². The van der Waals surface area contributed by atoms with Crippen LogP contribution in [0.5, 0.6) is 0 Å². The SMILES string of the molecule is Cn1nc(C(=O)N2CCN(c3ccc(F)cc3)CC2)c2ccccc2c1=O. The van der Waals surface area contributed by atoms with Gasteiger partial charge in [0, 0.05) is 44.3 Å². The van der Waals surface area contributed by atoms with Gasteiger partial charge in [-0.3, -0.25) is 9.59 Å². The Morgan fingerprint density at radius 1 is 0.963 bits per heavy atom. The molecule has 1 aliphatic heterocycles. The molecule has 2 heterocycles. The van der Waals surface area contributed by atoms with Crippen LogP contribution < -0.4 is 10.5 Å². The van der Waals surface area contributed by atoms with Gasteiger partial charge in [0.1, 0.15) is 5.82 Å². The number of fused-ring (bicyclic) bond motifs is 1. The van der Waals surface area contributed by atoms with Gasteiger partial charge in [-0.1, -0.05) is 18.2 Å². The molecular weight excluding hydrogens is 347 g/mol. The number of halogens is 1. The molecule has 1 saturated heterocycles. The molecule has 0 bridgehead atoms. The predicted octanol–water partition coefficient (Wildman–Crippen LogP) is 2.04. The third kappa shape index (κ3) is 3.16. The maximum absolute atomic E-state index is 13.1. The summed E-state index contributed by atoms with van der Waals surface area (Å²) in [6, 6.07) is 13.4.